The van der Waals surface area contributed by atoms with Crippen LogP contribution in [0.15, 0.2) is 29.2 Å². The van der Waals surface area contributed by atoms with Crippen LogP contribution in [0.3, 0.4) is 0 Å². The zero-order valence-corrected chi connectivity index (χ0v) is 12.2. The second-order valence-electron chi connectivity index (χ2n) is 4.28. The Morgan fingerprint density at radius 3 is 2.68 bits per heavy atom. The van der Waals surface area contributed by atoms with Gasteiger partial charge in [-0.3, -0.25) is 4.79 Å². The van der Waals surface area contributed by atoms with Crippen molar-refractivity contribution in [3.05, 3.63) is 24.3 Å². The van der Waals surface area contributed by atoms with E-state index in [1.54, 1.807) is 0 Å². The molecule has 0 spiro atoms. The molecule has 1 aromatic rings. The van der Waals surface area contributed by atoms with Crippen LogP contribution < -0.4 is 10.1 Å². The van der Waals surface area contributed by atoms with Crippen LogP contribution >= 0.6 is 11.8 Å². The van der Waals surface area contributed by atoms with Crippen molar-refractivity contribution in [3.8, 4) is 5.75 Å². The molecular weight excluding hydrogens is 262 g/mol. The highest BCUT2D eigenvalue weighted by Crippen LogP contribution is 2.21. The lowest BCUT2D eigenvalue weighted by atomic mass is 10.2. The highest BCUT2D eigenvalue weighted by molar-refractivity contribution is 8.00. The molecule has 0 heterocycles. The fourth-order valence-electron chi connectivity index (χ4n) is 1.35. The first-order valence-corrected chi connectivity index (χ1v) is 7.37. The summed E-state index contributed by atoms with van der Waals surface area (Å²) in [7, 11) is 0. The van der Waals surface area contributed by atoms with Gasteiger partial charge in [-0.15, -0.1) is 11.8 Å². The number of amides is 1. The standard InChI is InChI=1S/C14H21NO3S/c1-3-18-12-4-6-13(7-5-12)19-10-14(17)15-8-11(2)9-16/h4-7,11,16H,3,8-10H2,1-2H3,(H,15,17). The summed E-state index contributed by atoms with van der Waals surface area (Å²) in [4.78, 5) is 12.6. The van der Waals surface area contributed by atoms with E-state index in [0.717, 1.165) is 10.6 Å². The molecule has 1 atom stereocenters. The largest absolute Gasteiger partial charge is 0.494 e. The van der Waals surface area contributed by atoms with E-state index in [1.165, 1.54) is 11.8 Å². The first kappa shape index (κ1) is 15.9. The summed E-state index contributed by atoms with van der Waals surface area (Å²) in [6.45, 7) is 5.09. The molecule has 0 saturated heterocycles. The molecule has 2 N–H and O–H groups in total. The molecule has 0 aliphatic heterocycles. The molecule has 5 heteroatoms. The SMILES string of the molecule is CCOc1ccc(SCC(=O)NCC(C)CO)cc1. The van der Waals surface area contributed by atoms with Crippen LogP contribution in [0.5, 0.6) is 5.75 Å². The van der Waals surface area contributed by atoms with Crippen molar-refractivity contribution in [3.63, 3.8) is 0 Å². The van der Waals surface area contributed by atoms with Gasteiger partial charge in [-0.1, -0.05) is 6.92 Å². The zero-order chi connectivity index (χ0) is 14.1. The molecule has 0 aromatic heterocycles. The summed E-state index contributed by atoms with van der Waals surface area (Å²) < 4.78 is 5.35. The normalized spacial score (nSPS) is 11.9. The number of carbonyl (C=O) groups is 1. The lowest BCUT2D eigenvalue weighted by molar-refractivity contribution is -0.118. The Morgan fingerprint density at radius 1 is 1.42 bits per heavy atom. The Labute approximate surface area is 118 Å². The minimum absolute atomic E-state index is 0.0146. The van der Waals surface area contributed by atoms with Gasteiger partial charge >= 0.3 is 0 Å². The average Bonchev–Trinajstić information content (AvgIpc) is 2.44. The van der Waals surface area contributed by atoms with Crippen molar-refractivity contribution in [1.82, 2.24) is 5.32 Å². The van der Waals surface area contributed by atoms with Gasteiger partial charge in [-0.25, -0.2) is 0 Å². The van der Waals surface area contributed by atoms with Gasteiger partial charge in [0.25, 0.3) is 0 Å². The molecule has 0 fully saturated rings. The molecular formula is C14H21NO3S. The van der Waals surface area contributed by atoms with E-state index in [-0.39, 0.29) is 18.4 Å². The molecule has 19 heavy (non-hydrogen) atoms. The van der Waals surface area contributed by atoms with Crippen molar-refractivity contribution in [2.45, 2.75) is 18.7 Å². The molecule has 1 aromatic carbocycles. The van der Waals surface area contributed by atoms with E-state index in [0.29, 0.717) is 18.9 Å². The summed E-state index contributed by atoms with van der Waals surface area (Å²) in [5.74, 6) is 1.30. The molecule has 4 nitrogen and oxygen atoms in total. The third-order valence-corrected chi connectivity index (χ3v) is 3.48. The topological polar surface area (TPSA) is 58.6 Å². The highest BCUT2D eigenvalue weighted by Gasteiger charge is 2.05. The molecule has 0 aliphatic carbocycles. The maximum Gasteiger partial charge on any atom is 0.230 e. The van der Waals surface area contributed by atoms with E-state index >= 15 is 0 Å². The number of nitrogens with one attached hydrogen (secondary N) is 1. The number of hydrogen-bond donors (Lipinski definition) is 2. The predicted molar refractivity (Wildman–Crippen MR) is 77.6 cm³/mol. The third kappa shape index (κ3) is 6.50. The van der Waals surface area contributed by atoms with Gasteiger partial charge in [-0.2, -0.15) is 0 Å². The molecule has 0 radical (unpaired) electrons. The molecule has 1 amide bonds. The van der Waals surface area contributed by atoms with Gasteiger partial charge in [0.2, 0.25) is 5.91 Å². The van der Waals surface area contributed by atoms with Crippen LogP contribution in [0.2, 0.25) is 0 Å². The Balaban J connectivity index is 2.29. The Morgan fingerprint density at radius 2 is 2.11 bits per heavy atom. The molecule has 106 valence electrons. The number of aliphatic hydroxyl groups is 1. The monoisotopic (exact) mass is 283 g/mol. The van der Waals surface area contributed by atoms with Gasteiger partial charge in [0.15, 0.2) is 0 Å². The molecule has 0 saturated carbocycles. The van der Waals surface area contributed by atoms with Crippen LogP contribution in [0.1, 0.15) is 13.8 Å². The summed E-state index contributed by atoms with van der Waals surface area (Å²) in [6, 6.07) is 7.69. The maximum atomic E-state index is 11.6. The van der Waals surface area contributed by atoms with E-state index in [1.807, 2.05) is 38.1 Å². The lowest BCUT2D eigenvalue weighted by Crippen LogP contribution is -2.30. The molecule has 1 unspecified atom stereocenters. The quantitative estimate of drug-likeness (QED) is 0.716. The van der Waals surface area contributed by atoms with Crippen molar-refractivity contribution < 1.29 is 14.6 Å². The average molecular weight is 283 g/mol. The molecule has 1 rings (SSSR count). The Kier molecular flexibility index (Phi) is 7.36. The highest BCUT2D eigenvalue weighted by atomic mass is 32.2. The summed E-state index contributed by atoms with van der Waals surface area (Å²) >= 11 is 1.48. The second-order valence-corrected chi connectivity index (χ2v) is 5.33. The van der Waals surface area contributed by atoms with Gasteiger partial charge in [-0.05, 0) is 37.1 Å². The Hall–Kier alpha value is -1.20. The number of benzene rings is 1. The molecule has 0 aliphatic rings. The van der Waals surface area contributed by atoms with Gasteiger partial charge in [0, 0.05) is 18.0 Å². The number of hydrogen-bond acceptors (Lipinski definition) is 4. The van der Waals surface area contributed by atoms with E-state index in [2.05, 4.69) is 5.32 Å². The smallest absolute Gasteiger partial charge is 0.230 e. The van der Waals surface area contributed by atoms with Gasteiger partial charge in [0.05, 0.1) is 12.4 Å². The minimum Gasteiger partial charge on any atom is -0.494 e. The van der Waals surface area contributed by atoms with Crippen LogP contribution in [0, 0.1) is 5.92 Å². The maximum absolute atomic E-state index is 11.6. The van der Waals surface area contributed by atoms with Crippen LogP contribution in [0.25, 0.3) is 0 Å². The second kappa shape index (κ2) is 8.82. The van der Waals surface area contributed by atoms with Crippen LogP contribution in [-0.4, -0.2) is 36.5 Å². The summed E-state index contributed by atoms with van der Waals surface area (Å²) in [5.41, 5.74) is 0. The van der Waals surface area contributed by atoms with Crippen LogP contribution in [-0.2, 0) is 4.79 Å². The molecule has 0 bridgehead atoms. The zero-order valence-electron chi connectivity index (χ0n) is 11.4. The number of aliphatic hydroxyl groups excluding tert-OH is 1. The summed E-state index contributed by atoms with van der Waals surface area (Å²) in [5, 5.41) is 11.6. The number of ether oxygens (including phenoxy) is 1. The number of carbonyl (C=O) groups excluding carboxylic acids is 1. The van der Waals surface area contributed by atoms with E-state index < -0.39 is 0 Å². The van der Waals surface area contributed by atoms with E-state index in [4.69, 9.17) is 9.84 Å². The van der Waals surface area contributed by atoms with Gasteiger partial charge in [0.1, 0.15) is 5.75 Å². The van der Waals surface area contributed by atoms with Crippen molar-refractivity contribution in [2.75, 3.05) is 25.5 Å². The lowest BCUT2D eigenvalue weighted by Gasteiger charge is -2.09. The van der Waals surface area contributed by atoms with Crippen molar-refractivity contribution in [2.24, 2.45) is 5.92 Å². The first-order valence-electron chi connectivity index (χ1n) is 6.39. The van der Waals surface area contributed by atoms with Crippen LogP contribution in [0.4, 0.5) is 0 Å². The number of thioether (sulfide) groups is 1. The summed E-state index contributed by atoms with van der Waals surface area (Å²) in [6.07, 6.45) is 0. The fourth-order valence-corrected chi connectivity index (χ4v) is 2.08. The predicted octanol–water partition coefficient (Wildman–Crippen LogP) is 1.92. The minimum atomic E-state index is -0.0146. The van der Waals surface area contributed by atoms with Crippen molar-refractivity contribution in [1.29, 1.82) is 0 Å². The van der Waals surface area contributed by atoms with Crippen molar-refractivity contribution >= 4 is 17.7 Å². The van der Waals surface area contributed by atoms with E-state index in [9.17, 15) is 4.79 Å². The number of rotatable bonds is 8. The fraction of sp³-hybridized carbons (Fsp3) is 0.500. The third-order valence-electron chi connectivity index (χ3n) is 2.46. The Bertz CT molecular complexity index is 381. The van der Waals surface area contributed by atoms with Gasteiger partial charge < -0.3 is 15.2 Å². The first-order chi connectivity index (χ1) is 9.15.